The van der Waals surface area contributed by atoms with Crippen molar-refractivity contribution in [3.05, 3.63) is 25.7 Å². The maximum absolute atomic E-state index is 8.88. The van der Waals surface area contributed by atoms with E-state index in [0.29, 0.717) is 52.9 Å². The Morgan fingerprint density at radius 3 is 1.00 bits per heavy atom. The molecule has 0 rings (SSSR count). The van der Waals surface area contributed by atoms with Gasteiger partial charge in [-0.3, -0.25) is 0 Å². The van der Waals surface area contributed by atoms with E-state index in [4.69, 9.17) is 58.0 Å². The van der Waals surface area contributed by atoms with Crippen LogP contribution in [0.4, 0.5) is 0 Å². The average molecular weight is 883 g/mol. The third kappa shape index (κ3) is 71.5. The second-order valence-electron chi connectivity index (χ2n) is 13.6. The third-order valence-electron chi connectivity index (χ3n) is 7.83. The van der Waals surface area contributed by atoms with Crippen LogP contribution in [0.25, 0.3) is 0 Å². The Balaban J connectivity index is -0.000000951. The number of unbranched alkanes of at least 4 members (excludes halogenated alkanes) is 20. The molecule has 0 saturated carbocycles. The summed E-state index contributed by atoms with van der Waals surface area (Å²) in [6.45, 7) is 18.1. The summed E-state index contributed by atoms with van der Waals surface area (Å²) in [5.74, 6) is 0. The van der Waals surface area contributed by atoms with Gasteiger partial charge >= 0.3 is 7.82 Å². The molecular weight excluding hydrogens is 799 g/mol. The molecule has 0 aromatic rings. The van der Waals surface area contributed by atoms with E-state index in [-0.39, 0.29) is 12.2 Å². The Morgan fingerprint density at radius 1 is 0.441 bits per heavy atom. The molecule has 0 heterocycles. The topological polar surface area (TPSA) is 207 Å². The molecule has 0 amide bonds. The van der Waals surface area contributed by atoms with Crippen molar-refractivity contribution in [2.45, 2.75) is 181 Å². The van der Waals surface area contributed by atoms with Crippen molar-refractivity contribution in [2.75, 3.05) is 52.9 Å². The molecule has 0 radical (unpaired) electrons. The summed E-state index contributed by atoms with van der Waals surface area (Å²) in [5.41, 5.74) is 0. The molecule has 19 heteroatoms. The van der Waals surface area contributed by atoms with Crippen molar-refractivity contribution in [3.8, 4) is 0 Å². The van der Waals surface area contributed by atoms with Crippen LogP contribution in [0.5, 0.6) is 0 Å². The van der Waals surface area contributed by atoms with Gasteiger partial charge in [0, 0.05) is 10.1 Å². The first-order valence-corrected chi connectivity index (χ1v) is 23.1. The van der Waals surface area contributed by atoms with E-state index in [2.05, 4.69) is 56.9 Å². The molecule has 18 nitrogen and oxygen atoms in total. The number of hydrogen-bond acceptors (Lipinski definition) is 15. The Morgan fingerprint density at radius 2 is 0.712 bits per heavy atom. The van der Waals surface area contributed by atoms with Crippen LogP contribution < -0.4 is 0 Å². The van der Waals surface area contributed by atoms with Crippen molar-refractivity contribution in [1.29, 1.82) is 0 Å². The lowest BCUT2D eigenvalue weighted by Gasteiger charge is -2.10. The molecule has 0 aliphatic heterocycles. The van der Waals surface area contributed by atoms with Gasteiger partial charge in [-0.15, -0.1) is 0 Å². The molecule has 0 aromatic carbocycles. The van der Waals surface area contributed by atoms with E-state index in [0.717, 1.165) is 25.4 Å². The lowest BCUT2D eigenvalue weighted by atomic mass is 10.1. The van der Waals surface area contributed by atoms with Gasteiger partial charge in [0.25, 0.3) is 0 Å². The van der Waals surface area contributed by atoms with Crippen LogP contribution in [0.15, 0.2) is 25.7 Å². The molecule has 0 bridgehead atoms. The van der Waals surface area contributed by atoms with Gasteiger partial charge in [-0.25, -0.2) is 24.1 Å². The van der Waals surface area contributed by atoms with Crippen molar-refractivity contribution < 1.29 is 88.0 Å². The summed E-state index contributed by atoms with van der Waals surface area (Å²) in [7, 11) is -4.64. The van der Waals surface area contributed by atoms with Gasteiger partial charge in [0.1, 0.15) is 37.9 Å². The molecule has 59 heavy (non-hydrogen) atoms. The molecule has 2 atom stereocenters. The molecule has 0 fully saturated rings. The molecule has 356 valence electrons. The predicted molar refractivity (Wildman–Crippen MR) is 221 cm³/mol. The maximum atomic E-state index is 8.88. The minimum atomic E-state index is -4.64. The minimum Gasteiger partial charge on any atom is -0.376 e. The summed E-state index contributed by atoms with van der Waals surface area (Å²) < 4.78 is 19.6. The molecule has 0 aromatic heterocycles. The van der Waals surface area contributed by atoms with Gasteiger partial charge < -0.3 is 33.9 Å². The van der Waals surface area contributed by atoms with E-state index in [1.165, 1.54) is 128 Å². The summed E-state index contributed by atoms with van der Waals surface area (Å²) in [6.07, 6.45) is 30.5. The van der Waals surface area contributed by atoms with E-state index in [1.54, 1.807) is 13.8 Å². The van der Waals surface area contributed by atoms with E-state index >= 15 is 0 Å². The first-order chi connectivity index (χ1) is 28.6. The lowest BCUT2D eigenvalue weighted by molar-refractivity contribution is -0.629. The molecule has 2 unspecified atom stereocenters. The molecule has 0 saturated heterocycles. The van der Waals surface area contributed by atoms with Gasteiger partial charge in [0.05, 0.1) is 39.6 Å². The SMILES string of the molecule is C=COOOOC(C)COCCOOCCCCCCCCCCCCC.C=COOOOC(C)COCCOOCCCCCCCCCCCCC.O=P(O)(O)O. The summed E-state index contributed by atoms with van der Waals surface area (Å²) in [4.78, 5) is 60.0. The number of rotatable bonds is 46. The lowest BCUT2D eigenvalue weighted by Crippen LogP contribution is -2.18. The number of ether oxygens (including phenoxy) is 2. The normalized spacial score (nSPS) is 12.2. The van der Waals surface area contributed by atoms with E-state index in [1.807, 2.05) is 0 Å². The Bertz CT molecular complexity index is 777. The van der Waals surface area contributed by atoms with Crippen molar-refractivity contribution in [1.82, 2.24) is 0 Å². The van der Waals surface area contributed by atoms with Crippen molar-refractivity contribution in [2.24, 2.45) is 0 Å². The quantitative estimate of drug-likeness (QED) is 0.0171. The zero-order chi connectivity index (χ0) is 44.2. The van der Waals surface area contributed by atoms with Crippen molar-refractivity contribution in [3.63, 3.8) is 0 Å². The van der Waals surface area contributed by atoms with Gasteiger partial charge in [0.15, 0.2) is 0 Å². The largest absolute Gasteiger partial charge is 0.466 e. The smallest absolute Gasteiger partial charge is 0.376 e. The van der Waals surface area contributed by atoms with E-state index < -0.39 is 7.82 Å². The second kappa shape index (κ2) is 54.7. The fraction of sp³-hybridized carbons (Fsp3) is 0.900. The Kier molecular flexibility index (Phi) is 57.5. The Labute approximate surface area is 355 Å². The first kappa shape index (κ1) is 62.0. The summed E-state index contributed by atoms with van der Waals surface area (Å²) in [5, 5.41) is 16.9. The highest BCUT2D eigenvalue weighted by Gasteiger charge is 2.06. The van der Waals surface area contributed by atoms with Crippen LogP contribution >= 0.6 is 7.82 Å². The monoisotopic (exact) mass is 883 g/mol. The third-order valence-corrected chi connectivity index (χ3v) is 7.83. The fourth-order valence-electron chi connectivity index (χ4n) is 4.88. The number of phosphoric acid groups is 1. The van der Waals surface area contributed by atoms with Crippen molar-refractivity contribution >= 4 is 7.82 Å². The molecule has 0 spiro atoms. The van der Waals surface area contributed by atoms with E-state index in [9.17, 15) is 0 Å². The maximum Gasteiger partial charge on any atom is 0.466 e. The van der Waals surface area contributed by atoms with Crippen LogP contribution in [0.3, 0.4) is 0 Å². The molecular formula is C40H83O18P. The minimum absolute atomic E-state index is 0.310. The van der Waals surface area contributed by atoms with Gasteiger partial charge in [-0.05, 0) is 36.8 Å². The van der Waals surface area contributed by atoms with Crippen LogP contribution in [0, 0.1) is 0 Å². The fourth-order valence-corrected chi connectivity index (χ4v) is 4.88. The molecule has 3 N–H and O–H groups in total. The van der Waals surface area contributed by atoms with Gasteiger partial charge in [0.2, 0.25) is 0 Å². The average Bonchev–Trinajstić information content (AvgIpc) is 3.20. The highest BCUT2D eigenvalue weighted by Crippen LogP contribution is 2.25. The molecule has 0 aliphatic carbocycles. The zero-order valence-electron chi connectivity index (χ0n) is 36.8. The predicted octanol–water partition coefficient (Wildman–Crippen LogP) is 10.3. The zero-order valence-corrected chi connectivity index (χ0v) is 37.7. The highest BCUT2D eigenvalue weighted by atomic mass is 31.2. The number of hydrogen-bond donors (Lipinski definition) is 3. The first-order valence-electron chi connectivity index (χ1n) is 21.6. The van der Waals surface area contributed by atoms with Crippen LogP contribution in [0.2, 0.25) is 0 Å². The van der Waals surface area contributed by atoms with Gasteiger partial charge in [-0.2, -0.15) is 9.78 Å². The summed E-state index contributed by atoms with van der Waals surface area (Å²) >= 11 is 0. The van der Waals surface area contributed by atoms with Crippen LogP contribution in [0.1, 0.15) is 169 Å². The van der Waals surface area contributed by atoms with Crippen LogP contribution in [-0.4, -0.2) is 79.7 Å². The Hall–Kier alpha value is -1.29. The second-order valence-corrected chi connectivity index (χ2v) is 14.7. The summed E-state index contributed by atoms with van der Waals surface area (Å²) in [6, 6.07) is 0. The highest BCUT2D eigenvalue weighted by molar-refractivity contribution is 7.45. The standard InChI is InChI=1S/2C20H40O7.H3O4P/c2*1-4-6-7-8-9-10-11-12-13-14-15-16-23-24-18-17-21-19-20(3)25-27-26-22-5-2;1-5(2,3)4/h2*5,20H,2,4,6-19H2,1,3H3;(H3,1,2,3,4). The van der Waals surface area contributed by atoms with Gasteiger partial charge in [-0.1, -0.05) is 155 Å². The van der Waals surface area contributed by atoms with Crippen LogP contribution in [-0.2, 0) is 73.3 Å². The molecule has 0 aliphatic rings.